The van der Waals surface area contributed by atoms with Crippen molar-refractivity contribution in [3.05, 3.63) is 93.5 Å². The Kier molecular flexibility index (Phi) is 8.20. The van der Waals surface area contributed by atoms with Crippen LogP contribution in [0.4, 0.5) is 16.2 Å². The van der Waals surface area contributed by atoms with E-state index in [1.54, 1.807) is 43.3 Å². The number of nitro benzene ring substituents is 1. The minimum Gasteiger partial charge on any atom is -0.490 e. The maximum Gasteiger partial charge on any atom is 0.335 e. The summed E-state index contributed by atoms with van der Waals surface area (Å²) in [5.41, 5.74) is 1.46. The maximum absolute atomic E-state index is 13.2. The number of carbonyl (C=O) groups is 3. The summed E-state index contributed by atoms with van der Waals surface area (Å²) in [4.78, 5) is 49.3. The Morgan fingerprint density at radius 1 is 0.923 bits per heavy atom. The quantitative estimate of drug-likeness (QED) is 0.133. The van der Waals surface area contributed by atoms with Gasteiger partial charge in [-0.25, -0.2) is 9.69 Å². The molecule has 0 atom stereocenters. The largest absolute Gasteiger partial charge is 0.490 e. The highest BCUT2D eigenvalue weighted by molar-refractivity contribution is 6.39. The van der Waals surface area contributed by atoms with E-state index in [1.807, 2.05) is 13.0 Å². The molecule has 1 saturated heterocycles. The fourth-order valence-corrected chi connectivity index (χ4v) is 3.80. The molecule has 0 aliphatic carbocycles. The smallest absolute Gasteiger partial charge is 0.335 e. The van der Waals surface area contributed by atoms with Gasteiger partial charge in [0.15, 0.2) is 11.5 Å². The average molecular weight is 532 g/mol. The van der Waals surface area contributed by atoms with Crippen molar-refractivity contribution in [1.29, 1.82) is 0 Å². The maximum atomic E-state index is 13.2. The van der Waals surface area contributed by atoms with Crippen molar-refractivity contribution in [3.8, 4) is 17.2 Å². The lowest BCUT2D eigenvalue weighted by molar-refractivity contribution is -0.384. The molecule has 1 aliphatic heterocycles. The zero-order valence-electron chi connectivity index (χ0n) is 21.2. The van der Waals surface area contributed by atoms with Crippen LogP contribution in [0.2, 0.25) is 0 Å². The van der Waals surface area contributed by atoms with E-state index in [2.05, 4.69) is 5.32 Å². The van der Waals surface area contributed by atoms with Gasteiger partial charge in [-0.15, -0.1) is 0 Å². The van der Waals surface area contributed by atoms with Gasteiger partial charge in [-0.2, -0.15) is 0 Å². The molecule has 39 heavy (non-hydrogen) atoms. The molecule has 0 bridgehead atoms. The first kappa shape index (κ1) is 26.9. The van der Waals surface area contributed by atoms with Crippen molar-refractivity contribution in [1.82, 2.24) is 5.32 Å². The fourth-order valence-electron chi connectivity index (χ4n) is 3.80. The minimum absolute atomic E-state index is 0.0307. The molecule has 11 nitrogen and oxygen atoms in total. The number of non-ortho nitro benzene ring substituents is 1. The molecule has 0 radical (unpaired) electrons. The van der Waals surface area contributed by atoms with Crippen LogP contribution < -0.4 is 24.4 Å². The van der Waals surface area contributed by atoms with E-state index in [9.17, 15) is 24.5 Å². The lowest BCUT2D eigenvalue weighted by Crippen LogP contribution is -2.54. The molecule has 0 unspecified atom stereocenters. The number of rotatable bonds is 10. The number of anilines is 1. The van der Waals surface area contributed by atoms with E-state index in [4.69, 9.17) is 14.2 Å². The fraction of sp³-hybridized carbons (Fsp3) is 0.179. The number of hydrogen-bond donors (Lipinski definition) is 1. The van der Waals surface area contributed by atoms with Crippen molar-refractivity contribution in [2.75, 3.05) is 24.7 Å². The Balaban J connectivity index is 1.47. The predicted molar refractivity (Wildman–Crippen MR) is 142 cm³/mol. The first-order chi connectivity index (χ1) is 18.8. The number of nitrogens with one attached hydrogen (secondary N) is 1. The summed E-state index contributed by atoms with van der Waals surface area (Å²) in [6.45, 7) is 4.30. The summed E-state index contributed by atoms with van der Waals surface area (Å²) in [6, 6.07) is 16.6. The summed E-state index contributed by atoms with van der Waals surface area (Å²) in [5.74, 6) is -0.267. The van der Waals surface area contributed by atoms with Crippen LogP contribution in [0, 0.1) is 17.0 Å². The van der Waals surface area contributed by atoms with Gasteiger partial charge in [0.05, 0.1) is 17.2 Å². The number of hydrogen-bond acceptors (Lipinski definition) is 8. The second-order valence-electron chi connectivity index (χ2n) is 8.38. The van der Waals surface area contributed by atoms with Gasteiger partial charge in [-0.05, 0) is 67.4 Å². The third kappa shape index (κ3) is 6.39. The molecular weight excluding hydrogens is 506 g/mol. The lowest BCUT2D eigenvalue weighted by atomic mass is 10.1. The molecule has 0 spiro atoms. The Morgan fingerprint density at radius 2 is 1.67 bits per heavy atom. The van der Waals surface area contributed by atoms with Crippen LogP contribution in [-0.2, 0) is 9.59 Å². The van der Waals surface area contributed by atoms with Gasteiger partial charge in [0, 0.05) is 12.1 Å². The molecule has 0 aromatic heterocycles. The molecule has 11 heteroatoms. The third-order valence-electron chi connectivity index (χ3n) is 5.60. The van der Waals surface area contributed by atoms with Crippen molar-refractivity contribution >= 4 is 35.3 Å². The Labute approximate surface area is 223 Å². The van der Waals surface area contributed by atoms with E-state index >= 15 is 0 Å². The lowest BCUT2D eigenvalue weighted by Gasteiger charge is -2.26. The number of ether oxygens (including phenoxy) is 3. The highest BCUT2D eigenvalue weighted by atomic mass is 16.6. The number of aryl methyl sites for hydroxylation is 1. The second-order valence-corrected chi connectivity index (χ2v) is 8.38. The van der Waals surface area contributed by atoms with Gasteiger partial charge < -0.3 is 14.2 Å². The Hall–Kier alpha value is -5.19. The molecule has 4 rings (SSSR count). The van der Waals surface area contributed by atoms with Crippen LogP contribution in [0.5, 0.6) is 17.2 Å². The van der Waals surface area contributed by atoms with Crippen LogP contribution in [0.25, 0.3) is 6.08 Å². The molecule has 1 heterocycles. The van der Waals surface area contributed by atoms with Crippen molar-refractivity contribution < 1.29 is 33.5 Å². The number of barbiturate groups is 1. The number of nitrogens with zero attached hydrogens (tertiary/aromatic N) is 2. The van der Waals surface area contributed by atoms with Crippen molar-refractivity contribution in [3.63, 3.8) is 0 Å². The van der Waals surface area contributed by atoms with E-state index in [-0.39, 0.29) is 24.5 Å². The summed E-state index contributed by atoms with van der Waals surface area (Å²) in [6.07, 6.45) is 1.39. The normalized spacial score (nSPS) is 14.3. The van der Waals surface area contributed by atoms with Gasteiger partial charge in [-0.3, -0.25) is 25.0 Å². The van der Waals surface area contributed by atoms with Gasteiger partial charge in [-0.1, -0.05) is 18.2 Å². The van der Waals surface area contributed by atoms with E-state index in [1.165, 1.54) is 30.3 Å². The first-order valence-corrected chi connectivity index (χ1v) is 12.0. The second kappa shape index (κ2) is 11.9. The SMILES string of the molecule is CCOc1cc(C=C2C(=O)NC(=O)N(c3cccc(C)c3)C2=O)ccc1OCCOc1ccc([N+](=O)[O-])cc1. The topological polar surface area (TPSA) is 137 Å². The zero-order chi connectivity index (χ0) is 27.9. The monoisotopic (exact) mass is 531 g/mol. The molecule has 1 aliphatic rings. The summed E-state index contributed by atoms with van der Waals surface area (Å²) in [7, 11) is 0. The summed E-state index contributed by atoms with van der Waals surface area (Å²) in [5, 5.41) is 13.0. The molecule has 0 saturated carbocycles. The molecule has 3 aromatic rings. The first-order valence-electron chi connectivity index (χ1n) is 12.0. The van der Waals surface area contributed by atoms with Crippen LogP contribution >= 0.6 is 0 Å². The number of imide groups is 2. The predicted octanol–water partition coefficient (Wildman–Crippen LogP) is 4.43. The highest BCUT2D eigenvalue weighted by Crippen LogP contribution is 2.30. The van der Waals surface area contributed by atoms with E-state index < -0.39 is 22.8 Å². The van der Waals surface area contributed by atoms with Crippen molar-refractivity contribution in [2.45, 2.75) is 13.8 Å². The van der Waals surface area contributed by atoms with Gasteiger partial charge in [0.2, 0.25) is 0 Å². The number of nitro groups is 1. The van der Waals surface area contributed by atoms with Crippen LogP contribution in [-0.4, -0.2) is 42.6 Å². The van der Waals surface area contributed by atoms with Gasteiger partial charge in [0.1, 0.15) is 24.5 Å². The van der Waals surface area contributed by atoms with Crippen LogP contribution in [0.3, 0.4) is 0 Å². The van der Waals surface area contributed by atoms with Gasteiger partial charge >= 0.3 is 6.03 Å². The minimum atomic E-state index is -0.817. The molecule has 200 valence electrons. The molecular formula is C28H25N3O8. The number of carbonyl (C=O) groups excluding carboxylic acids is 3. The average Bonchev–Trinajstić information content (AvgIpc) is 2.90. The van der Waals surface area contributed by atoms with Crippen molar-refractivity contribution in [2.24, 2.45) is 0 Å². The Morgan fingerprint density at radius 3 is 2.36 bits per heavy atom. The van der Waals surface area contributed by atoms with Crippen LogP contribution in [0.1, 0.15) is 18.1 Å². The van der Waals surface area contributed by atoms with E-state index in [0.29, 0.717) is 35.1 Å². The van der Waals surface area contributed by atoms with E-state index in [0.717, 1.165) is 10.5 Å². The third-order valence-corrected chi connectivity index (χ3v) is 5.60. The summed E-state index contributed by atoms with van der Waals surface area (Å²) >= 11 is 0. The number of benzene rings is 3. The highest BCUT2D eigenvalue weighted by Gasteiger charge is 2.36. The molecule has 1 N–H and O–H groups in total. The standard InChI is InChI=1S/C28H25N3O8/c1-3-37-25-17-19(7-12-24(25)39-14-13-38-22-10-8-20(9-11-22)31(35)36)16-23-26(32)29-28(34)30(27(23)33)21-6-4-5-18(2)15-21/h4-12,15-17H,3,13-14H2,1-2H3,(H,29,32,34). The zero-order valence-corrected chi connectivity index (χ0v) is 21.2. The summed E-state index contributed by atoms with van der Waals surface area (Å²) < 4.78 is 17.0. The molecule has 3 aromatic carbocycles. The number of amides is 4. The van der Waals surface area contributed by atoms with Gasteiger partial charge in [0.25, 0.3) is 17.5 Å². The number of urea groups is 1. The molecule has 4 amide bonds. The molecule has 1 fully saturated rings. The van der Waals surface area contributed by atoms with Crippen LogP contribution in [0.15, 0.2) is 72.3 Å². The Bertz CT molecular complexity index is 1450.